The summed E-state index contributed by atoms with van der Waals surface area (Å²) >= 11 is 3.00. The Morgan fingerprint density at radius 3 is 3.06 bits per heavy atom. The first-order valence-electron chi connectivity index (χ1n) is 5.70. The summed E-state index contributed by atoms with van der Waals surface area (Å²) in [6.07, 6.45) is 4.13. The molecular weight excluding hydrogens is 268 g/mol. The number of nitrogens with one attached hydrogen (secondary N) is 2. The summed E-state index contributed by atoms with van der Waals surface area (Å²) in [5.74, 6) is -0.148. The lowest BCUT2D eigenvalue weighted by Gasteiger charge is -2.00. The lowest BCUT2D eigenvalue weighted by Crippen LogP contribution is -2.23. The first kappa shape index (κ1) is 11.6. The largest absolute Gasteiger partial charge is 0.359 e. The van der Waals surface area contributed by atoms with Crippen LogP contribution in [0.25, 0.3) is 0 Å². The van der Waals surface area contributed by atoms with Crippen LogP contribution in [-0.4, -0.2) is 21.9 Å². The third kappa shape index (κ3) is 2.85. The molecule has 0 bridgehead atoms. The van der Waals surface area contributed by atoms with Crippen molar-refractivity contribution in [1.29, 1.82) is 0 Å². The quantitative estimate of drug-likeness (QED) is 0.880. The lowest BCUT2D eigenvalue weighted by molar-refractivity contribution is 0.0946. The summed E-state index contributed by atoms with van der Waals surface area (Å²) in [5, 5.41) is 11.5. The zero-order chi connectivity index (χ0) is 12.4. The molecule has 0 unspecified atom stereocenters. The van der Waals surface area contributed by atoms with Gasteiger partial charge in [0.25, 0.3) is 5.91 Å². The van der Waals surface area contributed by atoms with E-state index >= 15 is 0 Å². The Labute approximate surface area is 112 Å². The summed E-state index contributed by atoms with van der Waals surface area (Å²) in [4.78, 5) is 20.2. The van der Waals surface area contributed by atoms with Gasteiger partial charge in [-0.3, -0.25) is 4.79 Å². The van der Waals surface area contributed by atoms with Crippen LogP contribution in [0.15, 0.2) is 17.0 Å². The van der Waals surface area contributed by atoms with Crippen LogP contribution in [0.2, 0.25) is 0 Å². The second-order valence-corrected chi connectivity index (χ2v) is 5.90. The van der Waals surface area contributed by atoms with Gasteiger partial charge in [0.05, 0.1) is 6.54 Å². The monoisotopic (exact) mass is 280 g/mol. The Morgan fingerprint density at radius 1 is 1.44 bits per heavy atom. The molecule has 1 aliphatic rings. The fourth-order valence-corrected chi connectivity index (χ4v) is 2.76. The highest BCUT2D eigenvalue weighted by atomic mass is 32.1. The van der Waals surface area contributed by atoms with E-state index in [0.29, 0.717) is 18.3 Å². The number of rotatable bonds is 5. The van der Waals surface area contributed by atoms with Crippen molar-refractivity contribution in [2.45, 2.75) is 25.4 Å². The Morgan fingerprint density at radius 2 is 2.33 bits per heavy atom. The summed E-state index contributed by atoms with van der Waals surface area (Å²) in [6.45, 7) is 0.458. The van der Waals surface area contributed by atoms with Crippen molar-refractivity contribution < 1.29 is 4.79 Å². The summed E-state index contributed by atoms with van der Waals surface area (Å²) in [7, 11) is 0. The molecule has 94 valence electrons. The minimum atomic E-state index is -0.148. The van der Waals surface area contributed by atoms with Crippen molar-refractivity contribution in [3.63, 3.8) is 0 Å². The molecule has 1 aliphatic carbocycles. The Hall–Kier alpha value is -1.47. The number of nitrogens with zero attached hydrogens (tertiary/aromatic N) is 2. The fraction of sp³-hybridized carbons (Fsp3) is 0.364. The molecule has 18 heavy (non-hydrogen) atoms. The van der Waals surface area contributed by atoms with E-state index in [1.54, 1.807) is 11.6 Å². The van der Waals surface area contributed by atoms with Gasteiger partial charge in [-0.05, 0) is 12.8 Å². The zero-order valence-electron chi connectivity index (χ0n) is 9.55. The highest BCUT2D eigenvalue weighted by molar-refractivity contribution is 7.13. The van der Waals surface area contributed by atoms with Crippen LogP contribution in [-0.2, 0) is 6.54 Å². The summed E-state index contributed by atoms with van der Waals surface area (Å²) in [5.41, 5.74) is 0.472. The van der Waals surface area contributed by atoms with Crippen LogP contribution < -0.4 is 10.6 Å². The maximum Gasteiger partial charge on any atom is 0.271 e. The normalized spacial score (nSPS) is 14.4. The Bertz CT molecular complexity index is 533. The van der Waals surface area contributed by atoms with Crippen LogP contribution in [0.5, 0.6) is 0 Å². The number of amides is 1. The van der Waals surface area contributed by atoms with Gasteiger partial charge in [0, 0.05) is 23.0 Å². The van der Waals surface area contributed by atoms with Gasteiger partial charge in [0.15, 0.2) is 5.13 Å². The molecule has 0 spiro atoms. The molecule has 2 aromatic heterocycles. The molecule has 1 amide bonds. The van der Waals surface area contributed by atoms with E-state index in [4.69, 9.17) is 0 Å². The van der Waals surface area contributed by atoms with E-state index in [1.807, 2.05) is 5.38 Å². The van der Waals surface area contributed by atoms with Crippen molar-refractivity contribution in [1.82, 2.24) is 15.3 Å². The van der Waals surface area contributed by atoms with Crippen LogP contribution in [0.3, 0.4) is 0 Å². The molecule has 2 aromatic rings. The maximum atomic E-state index is 11.8. The summed E-state index contributed by atoms with van der Waals surface area (Å²) < 4.78 is 0. The smallest absolute Gasteiger partial charge is 0.271 e. The van der Waals surface area contributed by atoms with Gasteiger partial charge in [-0.25, -0.2) is 9.97 Å². The number of anilines is 1. The molecule has 2 N–H and O–H groups in total. The molecule has 0 saturated heterocycles. The SMILES string of the molecule is O=C(NCc1nccs1)c1csc(NC2CC2)n1. The second kappa shape index (κ2) is 5.03. The minimum absolute atomic E-state index is 0.148. The second-order valence-electron chi connectivity index (χ2n) is 4.07. The van der Waals surface area contributed by atoms with Crippen molar-refractivity contribution in [2.24, 2.45) is 0 Å². The van der Waals surface area contributed by atoms with Gasteiger partial charge >= 0.3 is 0 Å². The predicted molar refractivity (Wildman–Crippen MR) is 72.0 cm³/mol. The van der Waals surface area contributed by atoms with Crippen LogP contribution in [0.4, 0.5) is 5.13 Å². The van der Waals surface area contributed by atoms with E-state index in [-0.39, 0.29) is 5.91 Å². The van der Waals surface area contributed by atoms with Gasteiger partial charge in [-0.1, -0.05) is 0 Å². The van der Waals surface area contributed by atoms with Gasteiger partial charge in [-0.15, -0.1) is 22.7 Å². The molecule has 3 rings (SSSR count). The van der Waals surface area contributed by atoms with Crippen LogP contribution in [0, 0.1) is 0 Å². The van der Waals surface area contributed by atoms with E-state index in [2.05, 4.69) is 20.6 Å². The minimum Gasteiger partial charge on any atom is -0.359 e. The number of aromatic nitrogens is 2. The maximum absolute atomic E-state index is 11.8. The average Bonchev–Trinajstić information content (AvgIpc) is 2.87. The molecule has 2 heterocycles. The zero-order valence-corrected chi connectivity index (χ0v) is 11.2. The highest BCUT2D eigenvalue weighted by Gasteiger charge is 2.22. The summed E-state index contributed by atoms with van der Waals surface area (Å²) in [6, 6.07) is 0.558. The first-order chi connectivity index (χ1) is 8.81. The molecule has 1 saturated carbocycles. The molecule has 1 fully saturated rings. The van der Waals surface area contributed by atoms with Crippen molar-refractivity contribution >= 4 is 33.7 Å². The van der Waals surface area contributed by atoms with E-state index in [1.165, 1.54) is 35.5 Å². The van der Waals surface area contributed by atoms with E-state index in [0.717, 1.165) is 10.1 Å². The van der Waals surface area contributed by atoms with Gasteiger partial charge in [0.2, 0.25) is 0 Å². The molecular formula is C11H12N4OS2. The molecule has 0 radical (unpaired) electrons. The fourth-order valence-electron chi connectivity index (χ4n) is 1.43. The molecule has 7 heteroatoms. The van der Waals surface area contributed by atoms with Gasteiger partial charge in [0.1, 0.15) is 10.7 Å². The van der Waals surface area contributed by atoms with E-state index in [9.17, 15) is 4.79 Å². The van der Waals surface area contributed by atoms with Gasteiger partial charge < -0.3 is 10.6 Å². The molecule has 5 nitrogen and oxygen atoms in total. The third-order valence-corrected chi connectivity index (χ3v) is 4.08. The topological polar surface area (TPSA) is 66.9 Å². The lowest BCUT2D eigenvalue weighted by atomic mass is 10.4. The molecule has 0 aliphatic heterocycles. The van der Waals surface area contributed by atoms with Crippen LogP contribution >= 0.6 is 22.7 Å². The number of carbonyl (C=O) groups is 1. The number of hydrogen-bond acceptors (Lipinski definition) is 6. The predicted octanol–water partition coefficient (Wildman–Crippen LogP) is 2.10. The van der Waals surface area contributed by atoms with Crippen molar-refractivity contribution in [2.75, 3.05) is 5.32 Å². The van der Waals surface area contributed by atoms with E-state index < -0.39 is 0 Å². The number of hydrogen-bond donors (Lipinski definition) is 2. The number of carbonyl (C=O) groups excluding carboxylic acids is 1. The standard InChI is InChI=1S/C11H12N4OS2/c16-10(13-5-9-12-3-4-17-9)8-6-18-11(15-8)14-7-1-2-7/h3-4,6-7H,1-2,5H2,(H,13,16)(H,14,15). The molecule has 0 atom stereocenters. The number of thiazole rings is 2. The Balaban J connectivity index is 1.56. The van der Waals surface area contributed by atoms with Gasteiger partial charge in [-0.2, -0.15) is 0 Å². The highest BCUT2D eigenvalue weighted by Crippen LogP contribution is 2.26. The first-order valence-corrected chi connectivity index (χ1v) is 7.46. The van der Waals surface area contributed by atoms with Crippen molar-refractivity contribution in [3.8, 4) is 0 Å². The van der Waals surface area contributed by atoms with Crippen LogP contribution in [0.1, 0.15) is 28.3 Å². The van der Waals surface area contributed by atoms with Crippen molar-refractivity contribution in [3.05, 3.63) is 27.7 Å². The Kier molecular flexibility index (Phi) is 3.24. The molecule has 0 aromatic carbocycles. The average molecular weight is 280 g/mol. The third-order valence-electron chi connectivity index (χ3n) is 2.53.